The number of aromatic nitrogens is 2. The highest BCUT2D eigenvalue weighted by Crippen LogP contribution is 2.30. The predicted molar refractivity (Wildman–Crippen MR) is 81.7 cm³/mol. The first kappa shape index (κ1) is 13.4. The van der Waals surface area contributed by atoms with E-state index in [9.17, 15) is 9.90 Å². The topological polar surface area (TPSA) is 55.1 Å². The van der Waals surface area contributed by atoms with Crippen LogP contribution in [0.4, 0.5) is 0 Å². The molecule has 4 nitrogen and oxygen atoms in total. The Kier molecular flexibility index (Phi) is 3.22. The fourth-order valence-corrected chi connectivity index (χ4v) is 2.89. The van der Waals surface area contributed by atoms with Crippen LogP contribution in [0.1, 0.15) is 34.6 Å². The maximum absolute atomic E-state index is 11.6. The summed E-state index contributed by atoms with van der Waals surface area (Å²) in [6.07, 6.45) is 1.63. The van der Waals surface area contributed by atoms with Crippen LogP contribution >= 0.6 is 0 Å². The third-order valence-corrected chi connectivity index (χ3v) is 3.89. The normalized spacial score (nSPS) is 12.5. The molecule has 0 aliphatic carbocycles. The Morgan fingerprint density at radius 2 is 1.90 bits per heavy atom. The monoisotopic (exact) mass is 280 g/mol. The van der Waals surface area contributed by atoms with Gasteiger partial charge in [0.25, 0.3) is 0 Å². The van der Waals surface area contributed by atoms with Crippen molar-refractivity contribution >= 4 is 17.0 Å². The zero-order valence-corrected chi connectivity index (χ0v) is 11.9. The van der Waals surface area contributed by atoms with E-state index in [1.807, 2.05) is 54.0 Å². The maximum atomic E-state index is 11.6. The third-order valence-electron chi connectivity index (χ3n) is 3.89. The lowest BCUT2D eigenvalue weighted by molar-refractivity contribution is 0.0697. The van der Waals surface area contributed by atoms with Gasteiger partial charge in [0.15, 0.2) is 0 Å². The Morgan fingerprint density at radius 1 is 1.19 bits per heavy atom. The average Bonchev–Trinajstić information content (AvgIpc) is 2.79. The van der Waals surface area contributed by atoms with Crippen LogP contribution < -0.4 is 0 Å². The van der Waals surface area contributed by atoms with Gasteiger partial charge in [-0.25, -0.2) is 4.79 Å². The van der Waals surface area contributed by atoms with Crippen LogP contribution in [0.5, 0.6) is 0 Å². The zero-order valence-electron chi connectivity index (χ0n) is 11.9. The summed E-state index contributed by atoms with van der Waals surface area (Å²) >= 11 is 0. The highest BCUT2D eigenvalue weighted by atomic mass is 16.4. The second-order valence-corrected chi connectivity index (χ2v) is 5.09. The summed E-state index contributed by atoms with van der Waals surface area (Å²) in [5, 5.41) is 9.48. The number of rotatable bonds is 3. The van der Waals surface area contributed by atoms with Crippen LogP contribution in [0.3, 0.4) is 0 Å². The largest absolute Gasteiger partial charge is 0.478 e. The summed E-state index contributed by atoms with van der Waals surface area (Å²) in [6.45, 7) is 3.91. The summed E-state index contributed by atoms with van der Waals surface area (Å²) in [4.78, 5) is 15.8. The van der Waals surface area contributed by atoms with E-state index in [2.05, 4.69) is 11.9 Å². The van der Waals surface area contributed by atoms with Crippen LogP contribution in [-0.2, 0) is 0 Å². The molecule has 0 aliphatic rings. The smallest absolute Gasteiger partial charge is 0.339 e. The SMILES string of the molecule is Cc1c(C(=O)O)c2ncccc2n1C(C)c1ccccc1. The van der Waals surface area contributed by atoms with Crippen molar-refractivity contribution in [1.29, 1.82) is 0 Å². The van der Waals surface area contributed by atoms with Crippen LogP contribution in [0, 0.1) is 6.92 Å². The van der Waals surface area contributed by atoms with Crippen LogP contribution in [0.25, 0.3) is 11.0 Å². The van der Waals surface area contributed by atoms with Crippen LogP contribution in [0.2, 0.25) is 0 Å². The van der Waals surface area contributed by atoms with E-state index in [1.165, 1.54) is 0 Å². The molecule has 1 N–H and O–H groups in total. The minimum Gasteiger partial charge on any atom is -0.478 e. The number of nitrogens with zero attached hydrogens (tertiary/aromatic N) is 2. The molecule has 0 amide bonds. The van der Waals surface area contributed by atoms with Gasteiger partial charge in [0, 0.05) is 11.9 Å². The van der Waals surface area contributed by atoms with E-state index < -0.39 is 5.97 Å². The molecular weight excluding hydrogens is 264 g/mol. The minimum atomic E-state index is -0.935. The lowest BCUT2D eigenvalue weighted by atomic mass is 10.1. The summed E-state index contributed by atoms with van der Waals surface area (Å²) in [7, 11) is 0. The standard InChI is InChI=1S/C17H16N2O2/c1-11(13-7-4-3-5-8-13)19-12(2)15(17(20)21)16-14(19)9-6-10-18-16/h3-11H,1-2H3,(H,20,21). The number of carbonyl (C=O) groups is 1. The van der Waals surface area contributed by atoms with Gasteiger partial charge >= 0.3 is 5.97 Å². The van der Waals surface area contributed by atoms with Crippen molar-refractivity contribution in [2.45, 2.75) is 19.9 Å². The molecule has 106 valence electrons. The Morgan fingerprint density at radius 3 is 2.57 bits per heavy atom. The van der Waals surface area contributed by atoms with Gasteiger partial charge in [-0.05, 0) is 31.5 Å². The third kappa shape index (κ3) is 2.09. The first-order valence-electron chi connectivity index (χ1n) is 6.85. The lowest BCUT2D eigenvalue weighted by Crippen LogP contribution is -2.09. The molecule has 2 heterocycles. The zero-order chi connectivity index (χ0) is 15.0. The lowest BCUT2D eigenvalue weighted by Gasteiger charge is -2.18. The Bertz CT molecular complexity index is 806. The molecule has 21 heavy (non-hydrogen) atoms. The predicted octanol–water partition coefficient (Wildman–Crippen LogP) is 3.65. The minimum absolute atomic E-state index is 0.0472. The molecule has 0 saturated heterocycles. The van der Waals surface area contributed by atoms with E-state index in [-0.39, 0.29) is 11.6 Å². The van der Waals surface area contributed by atoms with Gasteiger partial charge in [0.05, 0.1) is 11.6 Å². The molecule has 0 radical (unpaired) electrons. The molecule has 0 spiro atoms. The molecule has 3 aromatic rings. The number of hydrogen-bond donors (Lipinski definition) is 1. The summed E-state index contributed by atoms with van der Waals surface area (Å²) in [5.41, 5.74) is 3.55. The van der Waals surface area contributed by atoms with E-state index >= 15 is 0 Å². The van der Waals surface area contributed by atoms with Crippen molar-refractivity contribution in [1.82, 2.24) is 9.55 Å². The second-order valence-electron chi connectivity index (χ2n) is 5.09. The van der Waals surface area contributed by atoms with Crippen molar-refractivity contribution in [3.8, 4) is 0 Å². The van der Waals surface area contributed by atoms with E-state index in [4.69, 9.17) is 0 Å². The Hall–Kier alpha value is -2.62. The van der Waals surface area contributed by atoms with Crippen LogP contribution in [-0.4, -0.2) is 20.6 Å². The molecule has 1 aromatic carbocycles. The van der Waals surface area contributed by atoms with Crippen molar-refractivity contribution in [3.05, 3.63) is 65.5 Å². The highest BCUT2D eigenvalue weighted by Gasteiger charge is 2.23. The van der Waals surface area contributed by atoms with Gasteiger partial charge in [-0.1, -0.05) is 30.3 Å². The Labute approximate surface area is 122 Å². The first-order chi connectivity index (χ1) is 10.1. The van der Waals surface area contributed by atoms with Gasteiger partial charge in [0.2, 0.25) is 0 Å². The van der Waals surface area contributed by atoms with Gasteiger partial charge < -0.3 is 9.67 Å². The number of carboxylic acids is 1. The number of aromatic carboxylic acids is 1. The number of pyridine rings is 1. The Balaban J connectivity index is 2.28. The molecule has 1 unspecified atom stereocenters. The molecule has 0 bridgehead atoms. The average molecular weight is 280 g/mol. The number of benzene rings is 1. The summed E-state index contributed by atoms with van der Waals surface area (Å²) in [5.74, 6) is -0.935. The molecule has 0 fully saturated rings. The van der Waals surface area contributed by atoms with Crippen molar-refractivity contribution in [2.75, 3.05) is 0 Å². The van der Waals surface area contributed by atoms with E-state index in [1.54, 1.807) is 6.20 Å². The molecule has 0 saturated carbocycles. The first-order valence-corrected chi connectivity index (χ1v) is 6.85. The maximum Gasteiger partial charge on any atom is 0.339 e. The summed E-state index contributed by atoms with van der Waals surface area (Å²) < 4.78 is 2.04. The van der Waals surface area contributed by atoms with Crippen molar-refractivity contribution in [3.63, 3.8) is 0 Å². The fraction of sp³-hybridized carbons (Fsp3) is 0.176. The highest BCUT2D eigenvalue weighted by molar-refractivity contribution is 6.03. The molecular formula is C17H16N2O2. The molecule has 4 heteroatoms. The van der Waals surface area contributed by atoms with Gasteiger partial charge in [-0.2, -0.15) is 0 Å². The molecule has 0 aliphatic heterocycles. The number of carboxylic acid groups (broad SMARTS) is 1. The van der Waals surface area contributed by atoms with Crippen molar-refractivity contribution < 1.29 is 9.90 Å². The van der Waals surface area contributed by atoms with Gasteiger partial charge in [-0.3, -0.25) is 4.98 Å². The summed E-state index contributed by atoms with van der Waals surface area (Å²) in [6, 6.07) is 13.8. The molecule has 2 aromatic heterocycles. The van der Waals surface area contributed by atoms with E-state index in [0.717, 1.165) is 16.8 Å². The number of fused-ring (bicyclic) bond motifs is 1. The second kappa shape index (κ2) is 5.05. The van der Waals surface area contributed by atoms with Gasteiger partial charge in [0.1, 0.15) is 11.1 Å². The van der Waals surface area contributed by atoms with Crippen molar-refractivity contribution in [2.24, 2.45) is 0 Å². The van der Waals surface area contributed by atoms with Crippen LogP contribution in [0.15, 0.2) is 48.7 Å². The quantitative estimate of drug-likeness (QED) is 0.796. The van der Waals surface area contributed by atoms with E-state index in [0.29, 0.717) is 5.52 Å². The fourth-order valence-electron chi connectivity index (χ4n) is 2.89. The molecule has 1 atom stereocenters. The van der Waals surface area contributed by atoms with Gasteiger partial charge in [-0.15, -0.1) is 0 Å². The molecule has 3 rings (SSSR count). The number of hydrogen-bond acceptors (Lipinski definition) is 2.